The van der Waals surface area contributed by atoms with Crippen molar-refractivity contribution in [1.29, 1.82) is 0 Å². The van der Waals surface area contributed by atoms with Gasteiger partial charge >= 0.3 is 0 Å². The number of carbonyl (C=O) groups is 1. The van der Waals surface area contributed by atoms with Crippen molar-refractivity contribution in [3.63, 3.8) is 0 Å². The predicted molar refractivity (Wildman–Crippen MR) is 115 cm³/mol. The number of aliphatic imine (C=N–C) groups is 1. The van der Waals surface area contributed by atoms with E-state index in [1.54, 1.807) is 50.6 Å². The lowest BCUT2D eigenvalue weighted by Gasteiger charge is -2.12. The van der Waals surface area contributed by atoms with Crippen molar-refractivity contribution in [3.05, 3.63) is 65.5 Å². The molecule has 0 aliphatic heterocycles. The highest BCUT2D eigenvalue weighted by Gasteiger charge is 2.05. The molecule has 0 atom stereocenters. The number of nitrogens with one attached hydrogen (secondary N) is 3. The van der Waals surface area contributed by atoms with E-state index in [1.165, 1.54) is 12.1 Å². The van der Waals surface area contributed by atoms with Crippen LogP contribution in [0.2, 0.25) is 0 Å². The van der Waals surface area contributed by atoms with E-state index in [9.17, 15) is 9.18 Å². The van der Waals surface area contributed by atoms with Crippen LogP contribution in [0.1, 0.15) is 15.9 Å². The summed E-state index contributed by atoms with van der Waals surface area (Å²) in [6, 6.07) is 13.2. The maximum absolute atomic E-state index is 12.9. The van der Waals surface area contributed by atoms with Gasteiger partial charge in [0.25, 0.3) is 5.91 Å². The molecule has 0 aromatic heterocycles. The summed E-state index contributed by atoms with van der Waals surface area (Å²) in [7, 11) is 3.24. The molecule has 2 aromatic carbocycles. The maximum Gasteiger partial charge on any atom is 0.251 e. The van der Waals surface area contributed by atoms with E-state index in [0.29, 0.717) is 36.9 Å². The number of rotatable bonds is 7. The molecule has 0 heterocycles. The fraction of sp³-hybridized carbons (Fsp3) is 0.263. The molecule has 0 unspecified atom stereocenters. The molecule has 0 aliphatic carbocycles. The zero-order valence-corrected chi connectivity index (χ0v) is 17.6. The number of guanidine groups is 1. The van der Waals surface area contributed by atoms with Gasteiger partial charge in [-0.1, -0.05) is 12.1 Å². The van der Waals surface area contributed by atoms with Gasteiger partial charge in [0.2, 0.25) is 0 Å². The zero-order valence-electron chi connectivity index (χ0n) is 15.3. The second-order valence-corrected chi connectivity index (χ2v) is 5.46. The molecular formula is C19H24FIN4O2. The number of methoxy groups -OCH3 is 1. The van der Waals surface area contributed by atoms with Gasteiger partial charge in [0, 0.05) is 32.2 Å². The van der Waals surface area contributed by atoms with Crippen molar-refractivity contribution in [2.75, 3.05) is 27.2 Å². The van der Waals surface area contributed by atoms with E-state index in [2.05, 4.69) is 20.9 Å². The Morgan fingerprint density at radius 2 is 1.63 bits per heavy atom. The predicted octanol–water partition coefficient (Wildman–Crippen LogP) is 2.55. The van der Waals surface area contributed by atoms with Crippen LogP contribution in [-0.2, 0) is 6.54 Å². The van der Waals surface area contributed by atoms with Gasteiger partial charge in [0.1, 0.15) is 11.6 Å². The fourth-order valence-corrected chi connectivity index (χ4v) is 2.21. The Morgan fingerprint density at radius 1 is 1.00 bits per heavy atom. The summed E-state index contributed by atoms with van der Waals surface area (Å²) in [5, 5.41) is 9.06. The van der Waals surface area contributed by atoms with Gasteiger partial charge in [-0.05, 0) is 42.0 Å². The molecule has 0 radical (unpaired) electrons. The van der Waals surface area contributed by atoms with Crippen LogP contribution in [0.4, 0.5) is 4.39 Å². The number of nitrogens with zero attached hydrogens (tertiary/aromatic N) is 1. The number of hydrogen-bond donors (Lipinski definition) is 3. The van der Waals surface area contributed by atoms with E-state index in [1.807, 2.05) is 0 Å². The first-order valence-corrected chi connectivity index (χ1v) is 8.23. The van der Waals surface area contributed by atoms with Crippen LogP contribution < -0.4 is 20.7 Å². The highest BCUT2D eigenvalue weighted by molar-refractivity contribution is 14.0. The monoisotopic (exact) mass is 486 g/mol. The SMILES string of the molecule is CN=C(NCCNC(=O)c1ccc(OC)cc1)NCc1ccc(F)cc1.I. The summed E-state index contributed by atoms with van der Waals surface area (Å²) in [5.41, 5.74) is 1.52. The molecular weight excluding hydrogens is 462 g/mol. The van der Waals surface area contributed by atoms with Gasteiger partial charge in [-0.25, -0.2) is 4.39 Å². The molecule has 0 fully saturated rings. The highest BCUT2D eigenvalue weighted by atomic mass is 127. The summed E-state index contributed by atoms with van der Waals surface area (Å²) in [4.78, 5) is 16.1. The first kappa shape index (κ1) is 22.7. The number of ether oxygens (including phenoxy) is 1. The first-order chi connectivity index (χ1) is 12.6. The summed E-state index contributed by atoms with van der Waals surface area (Å²) in [6.45, 7) is 1.49. The standard InChI is InChI=1S/C19H23FN4O2.HI/c1-21-19(24-13-14-3-7-16(20)8-4-14)23-12-11-22-18(25)15-5-9-17(26-2)10-6-15;/h3-10H,11-13H2,1-2H3,(H,22,25)(H2,21,23,24);1H. The molecule has 27 heavy (non-hydrogen) atoms. The second kappa shape index (κ2) is 12.1. The van der Waals surface area contributed by atoms with Crippen LogP contribution in [0.5, 0.6) is 5.75 Å². The van der Waals surface area contributed by atoms with E-state index in [-0.39, 0.29) is 35.7 Å². The molecule has 0 saturated carbocycles. The highest BCUT2D eigenvalue weighted by Crippen LogP contribution is 2.10. The summed E-state index contributed by atoms with van der Waals surface area (Å²) >= 11 is 0. The number of hydrogen-bond acceptors (Lipinski definition) is 3. The summed E-state index contributed by atoms with van der Waals surface area (Å²) in [5.74, 6) is 0.903. The molecule has 0 spiro atoms. The first-order valence-electron chi connectivity index (χ1n) is 8.23. The Bertz CT molecular complexity index is 736. The lowest BCUT2D eigenvalue weighted by atomic mass is 10.2. The second-order valence-electron chi connectivity index (χ2n) is 5.46. The third-order valence-corrected chi connectivity index (χ3v) is 3.65. The lowest BCUT2D eigenvalue weighted by molar-refractivity contribution is 0.0954. The van der Waals surface area contributed by atoms with Crippen molar-refractivity contribution in [3.8, 4) is 5.75 Å². The molecule has 0 bridgehead atoms. The quantitative estimate of drug-likeness (QED) is 0.244. The molecule has 0 saturated heterocycles. The van der Waals surface area contributed by atoms with Crippen molar-refractivity contribution >= 4 is 35.8 Å². The minimum Gasteiger partial charge on any atom is -0.497 e. The number of halogens is 2. The smallest absolute Gasteiger partial charge is 0.251 e. The van der Waals surface area contributed by atoms with Crippen LogP contribution in [0.25, 0.3) is 0 Å². The van der Waals surface area contributed by atoms with Gasteiger partial charge in [-0.15, -0.1) is 24.0 Å². The van der Waals surface area contributed by atoms with Crippen molar-refractivity contribution < 1.29 is 13.9 Å². The normalized spacial score (nSPS) is 10.6. The fourth-order valence-electron chi connectivity index (χ4n) is 2.21. The van der Waals surface area contributed by atoms with Crippen LogP contribution in [-0.4, -0.2) is 39.1 Å². The van der Waals surface area contributed by atoms with Crippen LogP contribution in [0.15, 0.2) is 53.5 Å². The third-order valence-electron chi connectivity index (χ3n) is 3.65. The van der Waals surface area contributed by atoms with E-state index in [0.717, 1.165) is 5.56 Å². The topological polar surface area (TPSA) is 74.8 Å². The Hall–Kier alpha value is -2.36. The summed E-state index contributed by atoms with van der Waals surface area (Å²) < 4.78 is 18.0. The maximum atomic E-state index is 12.9. The van der Waals surface area contributed by atoms with Gasteiger partial charge in [0.05, 0.1) is 7.11 Å². The van der Waals surface area contributed by atoms with Crippen LogP contribution in [0.3, 0.4) is 0 Å². The third kappa shape index (κ3) is 7.81. The minimum atomic E-state index is -0.260. The Kier molecular flexibility index (Phi) is 10.2. The van der Waals surface area contributed by atoms with Crippen molar-refractivity contribution in [2.24, 2.45) is 4.99 Å². The molecule has 8 heteroatoms. The number of benzene rings is 2. The van der Waals surface area contributed by atoms with Crippen molar-refractivity contribution in [1.82, 2.24) is 16.0 Å². The molecule has 1 amide bonds. The van der Waals surface area contributed by atoms with E-state index in [4.69, 9.17) is 4.74 Å². The molecule has 2 aromatic rings. The van der Waals surface area contributed by atoms with Crippen LogP contribution in [0, 0.1) is 5.82 Å². The summed E-state index contributed by atoms with van der Waals surface area (Å²) in [6.07, 6.45) is 0. The number of amides is 1. The lowest BCUT2D eigenvalue weighted by Crippen LogP contribution is -2.41. The number of carbonyl (C=O) groups excluding carboxylic acids is 1. The Labute approximate surface area is 175 Å². The van der Waals surface area contributed by atoms with Gasteiger partial charge in [-0.2, -0.15) is 0 Å². The molecule has 3 N–H and O–H groups in total. The largest absolute Gasteiger partial charge is 0.497 e. The average molecular weight is 486 g/mol. The minimum absolute atomic E-state index is 0. The zero-order chi connectivity index (χ0) is 18.8. The van der Waals surface area contributed by atoms with E-state index < -0.39 is 0 Å². The molecule has 146 valence electrons. The van der Waals surface area contributed by atoms with Gasteiger partial charge < -0.3 is 20.7 Å². The van der Waals surface area contributed by atoms with Crippen LogP contribution >= 0.6 is 24.0 Å². The molecule has 0 aliphatic rings. The van der Waals surface area contributed by atoms with Gasteiger partial charge in [0.15, 0.2) is 5.96 Å². The van der Waals surface area contributed by atoms with Gasteiger partial charge in [-0.3, -0.25) is 9.79 Å². The van der Waals surface area contributed by atoms with Crippen molar-refractivity contribution in [2.45, 2.75) is 6.54 Å². The average Bonchev–Trinajstić information content (AvgIpc) is 2.68. The molecule has 2 rings (SSSR count). The molecule has 6 nitrogen and oxygen atoms in total. The Balaban J connectivity index is 0.00000364. The Morgan fingerprint density at radius 3 is 2.22 bits per heavy atom. The van der Waals surface area contributed by atoms with E-state index >= 15 is 0 Å².